The van der Waals surface area contributed by atoms with Gasteiger partial charge in [0.25, 0.3) is 0 Å². The largest absolute Gasteiger partial charge is 0.480 e. The number of carboxylic acid groups (broad SMARTS) is 1. The average Bonchev–Trinajstić information content (AvgIpc) is 2.03. The lowest BCUT2D eigenvalue weighted by Gasteiger charge is -2.03. The van der Waals surface area contributed by atoms with Crippen molar-refractivity contribution in [1.29, 1.82) is 0 Å². The number of halogens is 1. The molecule has 0 aromatic heterocycles. The van der Waals surface area contributed by atoms with Gasteiger partial charge in [-0.1, -0.05) is 6.42 Å². The predicted octanol–water partition coefficient (Wildman–Crippen LogP) is 0.299. The second-order valence-electron chi connectivity index (χ2n) is 2.70. The molecule has 0 amide bonds. The highest BCUT2D eigenvalue weighted by Gasteiger charge is 2.09. The zero-order valence-electron chi connectivity index (χ0n) is 8.20. The number of hydrogen-bond donors (Lipinski definition) is 3. The highest BCUT2D eigenvalue weighted by Crippen LogP contribution is 1.96. The van der Waals surface area contributed by atoms with Gasteiger partial charge in [-0.05, 0) is 31.0 Å². The van der Waals surface area contributed by atoms with Crippen molar-refractivity contribution in [3.05, 3.63) is 0 Å². The Bertz CT molecular complexity index is 172. The summed E-state index contributed by atoms with van der Waals surface area (Å²) >= 11 is 4.64. The monoisotopic (exact) mass is 224 g/mol. The van der Waals surface area contributed by atoms with E-state index in [2.05, 4.69) is 11.6 Å². The van der Waals surface area contributed by atoms with Gasteiger partial charge >= 0.3 is 5.97 Å². The minimum Gasteiger partial charge on any atom is -0.480 e. The molecule has 0 saturated heterocycles. The van der Waals surface area contributed by atoms with Crippen molar-refractivity contribution in [3.8, 4) is 0 Å². The predicted molar refractivity (Wildman–Crippen MR) is 55.1 cm³/mol. The maximum atomic E-state index is 10.1. The summed E-state index contributed by atoms with van der Waals surface area (Å²) in [5.74, 6) is -0.933. The van der Waals surface area contributed by atoms with Crippen molar-refractivity contribution >= 4 is 22.8 Å². The second kappa shape index (κ2) is 10.4. The number of aliphatic carboxylic acids is 1. The standard InChI is InChI=1S/C6H14N2O2.C2H3ClO/c7-4-2-1-3-5(8)6(9)10;1-2(3)4/h5H,1-4,7-8H2,(H,9,10);1H3/t5-;/m0./s1. The van der Waals surface area contributed by atoms with E-state index in [0.717, 1.165) is 12.8 Å². The number of hydrogen-bond acceptors (Lipinski definition) is 4. The van der Waals surface area contributed by atoms with Gasteiger partial charge in [-0.15, -0.1) is 0 Å². The highest BCUT2D eigenvalue weighted by atomic mass is 35.5. The summed E-state index contributed by atoms with van der Waals surface area (Å²) in [4.78, 5) is 19.3. The molecule has 1 atom stereocenters. The van der Waals surface area contributed by atoms with E-state index >= 15 is 0 Å². The Hall–Kier alpha value is -0.650. The molecular formula is C8H17ClN2O3. The number of nitrogens with two attached hydrogens (primary N) is 2. The molecule has 0 aliphatic heterocycles. The molecule has 14 heavy (non-hydrogen) atoms. The van der Waals surface area contributed by atoms with Crippen molar-refractivity contribution in [2.75, 3.05) is 6.54 Å². The van der Waals surface area contributed by atoms with Crippen molar-refractivity contribution in [1.82, 2.24) is 0 Å². The maximum absolute atomic E-state index is 10.1. The lowest BCUT2D eigenvalue weighted by Crippen LogP contribution is -2.29. The maximum Gasteiger partial charge on any atom is 0.320 e. The van der Waals surface area contributed by atoms with E-state index in [-0.39, 0.29) is 5.24 Å². The number of rotatable bonds is 5. The molecule has 0 aliphatic carbocycles. The first-order chi connectivity index (χ1) is 6.41. The van der Waals surface area contributed by atoms with Crippen LogP contribution in [0, 0.1) is 0 Å². The van der Waals surface area contributed by atoms with Crippen LogP contribution in [0.2, 0.25) is 0 Å². The Morgan fingerprint density at radius 2 is 1.86 bits per heavy atom. The van der Waals surface area contributed by atoms with Crippen LogP contribution in [0.3, 0.4) is 0 Å². The van der Waals surface area contributed by atoms with Gasteiger partial charge in [-0.2, -0.15) is 0 Å². The summed E-state index contributed by atoms with van der Waals surface area (Å²) in [6, 6.07) is -0.716. The van der Waals surface area contributed by atoms with Crippen LogP contribution in [0.25, 0.3) is 0 Å². The van der Waals surface area contributed by atoms with Gasteiger partial charge in [0, 0.05) is 6.92 Å². The number of carboxylic acids is 1. The molecule has 6 heteroatoms. The van der Waals surface area contributed by atoms with Crippen LogP contribution in [-0.4, -0.2) is 28.9 Å². The molecule has 0 aromatic carbocycles. The topological polar surface area (TPSA) is 106 Å². The third kappa shape index (κ3) is 17.4. The van der Waals surface area contributed by atoms with Gasteiger partial charge in [-0.25, -0.2) is 0 Å². The van der Waals surface area contributed by atoms with Gasteiger partial charge in [0.15, 0.2) is 0 Å². The lowest BCUT2D eigenvalue weighted by molar-refractivity contribution is -0.138. The minimum atomic E-state index is -0.933. The SMILES string of the molecule is CC(=O)Cl.NCCCC[C@H](N)C(=O)O. The first-order valence-electron chi connectivity index (χ1n) is 4.26. The molecular weight excluding hydrogens is 208 g/mol. The van der Waals surface area contributed by atoms with Crippen LogP contribution in [0.5, 0.6) is 0 Å². The van der Waals surface area contributed by atoms with Crippen LogP contribution in [0.15, 0.2) is 0 Å². The third-order valence-electron chi connectivity index (χ3n) is 1.29. The summed E-state index contributed by atoms with van der Waals surface area (Å²) in [6.45, 7) is 1.90. The summed E-state index contributed by atoms with van der Waals surface area (Å²) in [6.07, 6.45) is 2.16. The Morgan fingerprint density at radius 1 is 1.43 bits per heavy atom. The Labute approximate surface area is 88.4 Å². The number of unbranched alkanes of at least 4 members (excludes halogenated alkanes) is 1. The average molecular weight is 225 g/mol. The van der Waals surface area contributed by atoms with E-state index in [4.69, 9.17) is 16.6 Å². The molecule has 0 unspecified atom stereocenters. The molecule has 0 fully saturated rings. The van der Waals surface area contributed by atoms with Crippen LogP contribution in [-0.2, 0) is 9.59 Å². The van der Waals surface area contributed by atoms with E-state index < -0.39 is 12.0 Å². The Balaban J connectivity index is 0. The van der Waals surface area contributed by atoms with Crippen molar-refractivity contribution in [2.45, 2.75) is 32.2 Å². The van der Waals surface area contributed by atoms with Crippen LogP contribution >= 0.6 is 11.6 Å². The third-order valence-corrected chi connectivity index (χ3v) is 1.29. The van der Waals surface area contributed by atoms with Crippen LogP contribution < -0.4 is 11.5 Å². The van der Waals surface area contributed by atoms with E-state index in [1.807, 2.05) is 0 Å². The normalized spacial score (nSPS) is 11.1. The molecule has 0 aliphatic rings. The highest BCUT2D eigenvalue weighted by molar-refractivity contribution is 6.62. The zero-order valence-corrected chi connectivity index (χ0v) is 8.96. The molecule has 0 heterocycles. The van der Waals surface area contributed by atoms with Crippen LogP contribution in [0.4, 0.5) is 0 Å². The molecule has 0 saturated carbocycles. The van der Waals surface area contributed by atoms with Crippen molar-refractivity contribution in [3.63, 3.8) is 0 Å². The van der Waals surface area contributed by atoms with Crippen molar-refractivity contribution in [2.24, 2.45) is 11.5 Å². The van der Waals surface area contributed by atoms with Gasteiger partial charge in [0.2, 0.25) is 5.24 Å². The molecule has 0 bridgehead atoms. The van der Waals surface area contributed by atoms with Gasteiger partial charge in [0.1, 0.15) is 6.04 Å². The smallest absolute Gasteiger partial charge is 0.320 e. The molecule has 0 aromatic rings. The van der Waals surface area contributed by atoms with Gasteiger partial charge in [-0.3, -0.25) is 9.59 Å². The Morgan fingerprint density at radius 3 is 2.14 bits per heavy atom. The van der Waals surface area contributed by atoms with Gasteiger partial charge < -0.3 is 16.6 Å². The fraction of sp³-hybridized carbons (Fsp3) is 0.750. The first-order valence-corrected chi connectivity index (χ1v) is 4.64. The molecule has 0 rings (SSSR count). The summed E-state index contributed by atoms with van der Waals surface area (Å²) in [5.41, 5.74) is 10.4. The fourth-order valence-electron chi connectivity index (χ4n) is 0.632. The molecule has 5 N–H and O–H groups in total. The number of carbonyl (C=O) groups is 2. The molecule has 0 spiro atoms. The van der Waals surface area contributed by atoms with E-state index in [1.54, 1.807) is 0 Å². The lowest BCUT2D eigenvalue weighted by atomic mass is 10.1. The van der Waals surface area contributed by atoms with Crippen molar-refractivity contribution < 1.29 is 14.7 Å². The Kier molecular flexibility index (Phi) is 11.8. The van der Waals surface area contributed by atoms with E-state index in [0.29, 0.717) is 13.0 Å². The first kappa shape index (κ1) is 15.8. The fourth-order valence-corrected chi connectivity index (χ4v) is 0.632. The summed E-state index contributed by atoms with van der Waals surface area (Å²) in [7, 11) is 0. The van der Waals surface area contributed by atoms with Gasteiger partial charge in [0.05, 0.1) is 0 Å². The van der Waals surface area contributed by atoms with Crippen LogP contribution in [0.1, 0.15) is 26.2 Å². The van der Waals surface area contributed by atoms with E-state index in [9.17, 15) is 9.59 Å². The van der Waals surface area contributed by atoms with E-state index in [1.165, 1.54) is 6.92 Å². The molecule has 84 valence electrons. The minimum absolute atomic E-state index is 0.361. The summed E-state index contributed by atoms with van der Waals surface area (Å²) < 4.78 is 0. The second-order valence-corrected chi connectivity index (χ2v) is 3.23. The number of carbonyl (C=O) groups excluding carboxylic acids is 1. The zero-order chi connectivity index (χ0) is 11.6. The molecule has 5 nitrogen and oxygen atoms in total. The quantitative estimate of drug-likeness (QED) is 0.460. The summed E-state index contributed by atoms with van der Waals surface area (Å²) in [5, 5.41) is 7.96. The molecule has 0 radical (unpaired) electrons.